The van der Waals surface area contributed by atoms with E-state index in [4.69, 9.17) is 16.3 Å². The van der Waals surface area contributed by atoms with Gasteiger partial charge in [0.05, 0.1) is 0 Å². The average molecular weight is 302 g/mol. The highest BCUT2D eigenvalue weighted by molar-refractivity contribution is 6.31. The van der Waals surface area contributed by atoms with Crippen LogP contribution in [0.2, 0.25) is 5.02 Å². The van der Waals surface area contributed by atoms with Crippen molar-refractivity contribution in [3.63, 3.8) is 0 Å². The molecule has 0 saturated carbocycles. The topological polar surface area (TPSA) is 46.6 Å². The van der Waals surface area contributed by atoms with Gasteiger partial charge in [0.15, 0.2) is 0 Å². The molecule has 1 unspecified atom stereocenters. The van der Waals surface area contributed by atoms with Crippen molar-refractivity contribution >= 4 is 24.0 Å². The highest BCUT2D eigenvalue weighted by Crippen LogP contribution is 2.27. The molecule has 1 aromatic rings. The maximum atomic E-state index is 13.3. The number of hydrogen-bond acceptors (Lipinski definition) is 3. The zero-order chi connectivity index (χ0) is 15.5. The number of ether oxygens (including phenoxy) is 1. The molecule has 0 saturated heterocycles. The van der Waals surface area contributed by atoms with Crippen molar-refractivity contribution in [2.75, 3.05) is 7.05 Å². The highest BCUT2D eigenvalue weighted by atomic mass is 35.5. The number of likely N-dealkylation sites (N-methyl/N-ethyl adjacent to an activating group) is 1. The first-order chi connectivity index (χ1) is 9.15. The fourth-order valence-corrected chi connectivity index (χ4v) is 1.79. The van der Waals surface area contributed by atoms with Crippen LogP contribution in [0.15, 0.2) is 18.2 Å². The van der Waals surface area contributed by atoms with Crippen LogP contribution in [-0.4, -0.2) is 29.9 Å². The van der Waals surface area contributed by atoms with Crippen molar-refractivity contribution in [1.82, 2.24) is 4.90 Å². The van der Waals surface area contributed by atoms with Crippen LogP contribution in [0.3, 0.4) is 0 Å². The van der Waals surface area contributed by atoms with E-state index in [9.17, 15) is 14.0 Å². The highest BCUT2D eigenvalue weighted by Gasteiger charge is 2.27. The molecule has 0 radical (unpaired) electrons. The quantitative estimate of drug-likeness (QED) is 0.802. The van der Waals surface area contributed by atoms with Gasteiger partial charge in [0, 0.05) is 17.6 Å². The summed E-state index contributed by atoms with van der Waals surface area (Å²) in [6, 6.07) is 2.64. The summed E-state index contributed by atoms with van der Waals surface area (Å²) < 4.78 is 18.4. The van der Waals surface area contributed by atoms with Crippen molar-refractivity contribution in [2.24, 2.45) is 0 Å². The molecule has 4 nitrogen and oxygen atoms in total. The largest absolute Gasteiger partial charge is 0.444 e. The SMILES string of the molecule is CN(C(=O)OC(C)(C)C)C(C=O)c1cc(F)ccc1Cl. The van der Waals surface area contributed by atoms with Crippen LogP contribution in [0.1, 0.15) is 32.4 Å². The number of hydrogen-bond donors (Lipinski definition) is 0. The normalized spacial score (nSPS) is 12.7. The van der Waals surface area contributed by atoms with Crippen molar-refractivity contribution in [3.8, 4) is 0 Å². The Balaban J connectivity index is 3.04. The summed E-state index contributed by atoms with van der Waals surface area (Å²) in [4.78, 5) is 24.3. The van der Waals surface area contributed by atoms with E-state index in [1.165, 1.54) is 19.2 Å². The van der Waals surface area contributed by atoms with Crippen molar-refractivity contribution in [3.05, 3.63) is 34.6 Å². The summed E-state index contributed by atoms with van der Waals surface area (Å²) in [5.74, 6) is -0.533. The number of aldehydes is 1. The van der Waals surface area contributed by atoms with Gasteiger partial charge in [-0.15, -0.1) is 0 Å². The van der Waals surface area contributed by atoms with E-state index < -0.39 is 23.6 Å². The molecule has 1 rings (SSSR count). The Bertz CT molecular complexity index is 514. The monoisotopic (exact) mass is 301 g/mol. The summed E-state index contributed by atoms with van der Waals surface area (Å²) in [7, 11) is 1.40. The molecule has 1 atom stereocenters. The van der Waals surface area contributed by atoms with Crippen LogP contribution in [0, 0.1) is 5.82 Å². The van der Waals surface area contributed by atoms with Crippen molar-refractivity contribution in [1.29, 1.82) is 0 Å². The van der Waals surface area contributed by atoms with E-state index in [2.05, 4.69) is 0 Å². The lowest BCUT2D eigenvalue weighted by atomic mass is 10.1. The first-order valence-corrected chi connectivity index (χ1v) is 6.39. The lowest BCUT2D eigenvalue weighted by Gasteiger charge is -2.28. The number of rotatable bonds is 3. The Hall–Kier alpha value is -1.62. The number of amides is 1. The molecule has 0 aliphatic rings. The molecule has 0 heterocycles. The first kappa shape index (κ1) is 16.4. The number of nitrogens with zero attached hydrogens (tertiary/aromatic N) is 1. The Morgan fingerprint density at radius 2 is 2.05 bits per heavy atom. The smallest absolute Gasteiger partial charge is 0.410 e. The summed E-state index contributed by atoms with van der Waals surface area (Å²) in [5.41, 5.74) is -0.472. The van der Waals surface area contributed by atoms with Crippen LogP contribution in [0.5, 0.6) is 0 Å². The van der Waals surface area contributed by atoms with Gasteiger partial charge >= 0.3 is 6.09 Å². The Morgan fingerprint density at radius 3 is 2.55 bits per heavy atom. The first-order valence-electron chi connectivity index (χ1n) is 6.02. The molecule has 0 bridgehead atoms. The van der Waals surface area contributed by atoms with Crippen LogP contribution in [0.25, 0.3) is 0 Å². The molecular weight excluding hydrogens is 285 g/mol. The Morgan fingerprint density at radius 1 is 1.45 bits per heavy atom. The van der Waals surface area contributed by atoms with Crippen LogP contribution in [-0.2, 0) is 9.53 Å². The fourth-order valence-electron chi connectivity index (χ4n) is 1.56. The summed E-state index contributed by atoms with van der Waals surface area (Å²) in [5, 5.41) is 0.207. The molecule has 110 valence electrons. The summed E-state index contributed by atoms with van der Waals surface area (Å²) in [6.07, 6.45) is -0.167. The van der Waals surface area contributed by atoms with E-state index in [1.54, 1.807) is 20.8 Å². The summed E-state index contributed by atoms with van der Waals surface area (Å²) >= 11 is 5.95. The maximum absolute atomic E-state index is 13.3. The van der Waals surface area contributed by atoms with Gasteiger partial charge in [0.2, 0.25) is 0 Å². The third-order valence-corrected chi connectivity index (χ3v) is 2.85. The number of carbonyl (C=O) groups excluding carboxylic acids is 2. The lowest BCUT2D eigenvalue weighted by Crippen LogP contribution is -2.37. The number of benzene rings is 1. The van der Waals surface area contributed by atoms with E-state index in [1.807, 2.05) is 0 Å². The second-order valence-electron chi connectivity index (χ2n) is 5.34. The van der Waals surface area contributed by atoms with Gasteiger partial charge in [-0.3, -0.25) is 4.90 Å². The molecule has 0 aliphatic heterocycles. The molecule has 0 aliphatic carbocycles. The van der Waals surface area contributed by atoms with Gasteiger partial charge in [0.25, 0.3) is 0 Å². The molecule has 1 aromatic carbocycles. The third kappa shape index (κ3) is 4.20. The maximum Gasteiger partial charge on any atom is 0.410 e. The van der Waals surface area contributed by atoms with Gasteiger partial charge in [-0.2, -0.15) is 0 Å². The van der Waals surface area contributed by atoms with Gasteiger partial charge < -0.3 is 9.53 Å². The van der Waals surface area contributed by atoms with Crippen molar-refractivity contribution < 1.29 is 18.7 Å². The van der Waals surface area contributed by atoms with Gasteiger partial charge in [-0.05, 0) is 39.0 Å². The van der Waals surface area contributed by atoms with Crippen molar-refractivity contribution in [2.45, 2.75) is 32.4 Å². The predicted octanol–water partition coefficient (Wildman–Crippen LogP) is 3.59. The minimum Gasteiger partial charge on any atom is -0.444 e. The van der Waals surface area contributed by atoms with E-state index >= 15 is 0 Å². The summed E-state index contributed by atoms with van der Waals surface area (Å²) in [6.45, 7) is 5.14. The average Bonchev–Trinajstić information content (AvgIpc) is 2.32. The number of halogens is 2. The molecule has 0 fully saturated rings. The molecule has 20 heavy (non-hydrogen) atoms. The van der Waals surface area contributed by atoms with Gasteiger partial charge in [-0.25, -0.2) is 9.18 Å². The second kappa shape index (κ2) is 6.22. The lowest BCUT2D eigenvalue weighted by molar-refractivity contribution is -0.112. The second-order valence-corrected chi connectivity index (χ2v) is 5.75. The molecule has 0 N–H and O–H groups in total. The minimum atomic E-state index is -1.01. The number of carbonyl (C=O) groups is 2. The Kier molecular flexibility index (Phi) is 5.11. The van der Waals surface area contributed by atoms with Crippen LogP contribution < -0.4 is 0 Å². The third-order valence-electron chi connectivity index (χ3n) is 2.50. The van der Waals surface area contributed by atoms with Crippen LogP contribution in [0.4, 0.5) is 9.18 Å². The minimum absolute atomic E-state index is 0.207. The molecule has 6 heteroatoms. The van der Waals surface area contributed by atoms with E-state index in [-0.39, 0.29) is 10.6 Å². The van der Waals surface area contributed by atoms with Gasteiger partial charge in [-0.1, -0.05) is 11.6 Å². The zero-order valence-electron chi connectivity index (χ0n) is 11.8. The van der Waals surface area contributed by atoms with E-state index in [0.29, 0.717) is 6.29 Å². The van der Waals surface area contributed by atoms with Crippen LogP contribution >= 0.6 is 11.6 Å². The van der Waals surface area contributed by atoms with E-state index in [0.717, 1.165) is 11.0 Å². The predicted molar refractivity (Wildman–Crippen MR) is 74.2 cm³/mol. The fraction of sp³-hybridized carbons (Fsp3) is 0.429. The molecular formula is C14H17ClFNO3. The molecule has 1 amide bonds. The van der Waals surface area contributed by atoms with Gasteiger partial charge in [0.1, 0.15) is 23.7 Å². The standard InChI is InChI=1S/C14H17ClFNO3/c1-14(2,3)20-13(19)17(4)12(8-18)10-7-9(16)5-6-11(10)15/h5-8,12H,1-4H3. The molecule has 0 spiro atoms. The zero-order valence-corrected chi connectivity index (χ0v) is 12.6. The Labute approximate surface area is 122 Å². The molecule has 0 aromatic heterocycles.